The van der Waals surface area contributed by atoms with Crippen LogP contribution >= 0.6 is 0 Å². The van der Waals surface area contributed by atoms with Gasteiger partial charge in [-0.2, -0.15) is 13.8 Å². The minimum absolute atomic E-state index is 0.101. The maximum atomic E-state index is 13.3. The molecule has 1 atom stereocenters. The fourth-order valence-electron chi connectivity index (χ4n) is 2.22. The molecule has 0 fully saturated rings. The van der Waals surface area contributed by atoms with Gasteiger partial charge in [0, 0.05) is 0 Å². The van der Waals surface area contributed by atoms with Crippen molar-refractivity contribution in [2.24, 2.45) is 0 Å². The lowest BCUT2D eigenvalue weighted by Gasteiger charge is -2.28. The van der Waals surface area contributed by atoms with Gasteiger partial charge in [0.25, 0.3) is 0 Å². The summed E-state index contributed by atoms with van der Waals surface area (Å²) in [6, 6.07) is 9.78. The normalized spacial score (nSPS) is 16.4. The number of benzene rings is 1. The Kier molecular flexibility index (Phi) is 2.74. The molecule has 1 heterocycles. The first-order valence-electron chi connectivity index (χ1n) is 5.86. The van der Waals surface area contributed by atoms with E-state index in [0.717, 1.165) is 17.2 Å². The molecule has 3 rings (SSSR count). The number of nitrogens with zero attached hydrogens (tertiary/aromatic N) is 1. The second-order valence-corrected chi connectivity index (χ2v) is 4.42. The van der Waals surface area contributed by atoms with Gasteiger partial charge in [0.15, 0.2) is 0 Å². The Bertz CT molecular complexity index is 658. The Balaban J connectivity index is 1.77. The average Bonchev–Trinajstić information content (AvgIpc) is 2.34. The van der Waals surface area contributed by atoms with Crippen molar-refractivity contribution >= 4 is 11.6 Å². The van der Waals surface area contributed by atoms with Gasteiger partial charge >= 0.3 is 0 Å². The van der Waals surface area contributed by atoms with Crippen LogP contribution in [0.25, 0.3) is 0 Å². The first kappa shape index (κ1) is 11.8. The van der Waals surface area contributed by atoms with Crippen molar-refractivity contribution in [2.75, 3.05) is 5.32 Å². The minimum atomic E-state index is -1.01. The molecule has 5 heteroatoms. The highest BCUT2D eigenvalue weighted by atomic mass is 19.1. The molecule has 1 aliphatic rings. The molecule has 96 valence electrons. The summed E-state index contributed by atoms with van der Waals surface area (Å²) in [7, 11) is 0. The average molecular weight is 260 g/mol. The van der Waals surface area contributed by atoms with Gasteiger partial charge in [0.1, 0.15) is 0 Å². The topological polar surface area (TPSA) is 42.0 Å². The van der Waals surface area contributed by atoms with Crippen LogP contribution in [0.3, 0.4) is 0 Å². The number of rotatable bonds is 2. The van der Waals surface area contributed by atoms with E-state index in [1.54, 1.807) is 0 Å². The lowest BCUT2D eigenvalue weighted by atomic mass is 9.77. The van der Waals surface area contributed by atoms with Gasteiger partial charge in [-0.15, -0.1) is 0 Å². The molecule has 0 saturated carbocycles. The molecule has 19 heavy (non-hydrogen) atoms. The van der Waals surface area contributed by atoms with E-state index < -0.39 is 11.9 Å². The zero-order valence-corrected chi connectivity index (χ0v) is 9.86. The van der Waals surface area contributed by atoms with Crippen molar-refractivity contribution in [1.82, 2.24) is 4.98 Å². The van der Waals surface area contributed by atoms with Crippen molar-refractivity contribution in [2.45, 2.75) is 12.3 Å². The summed E-state index contributed by atoms with van der Waals surface area (Å²) in [5.41, 5.74) is 1.98. The van der Waals surface area contributed by atoms with Gasteiger partial charge < -0.3 is 5.32 Å². The molecular weight excluding hydrogens is 250 g/mol. The Morgan fingerprint density at radius 2 is 2.00 bits per heavy atom. The molecule has 0 aliphatic heterocycles. The minimum Gasteiger partial charge on any atom is -0.322 e. The summed E-state index contributed by atoms with van der Waals surface area (Å²) in [5.74, 6) is -2.50. The van der Waals surface area contributed by atoms with E-state index in [1.165, 1.54) is 6.07 Å². The molecule has 1 aromatic heterocycles. The molecule has 1 aliphatic carbocycles. The number of anilines is 1. The highest BCUT2D eigenvalue weighted by molar-refractivity contribution is 5.97. The van der Waals surface area contributed by atoms with Crippen molar-refractivity contribution in [3.8, 4) is 0 Å². The predicted octanol–water partition coefficient (Wildman–Crippen LogP) is 2.64. The molecule has 0 bridgehead atoms. The molecule has 1 aromatic carbocycles. The SMILES string of the molecule is O=C(Nc1ccc(F)nc1F)C1Cc2ccccc21. The monoisotopic (exact) mass is 260 g/mol. The van der Waals surface area contributed by atoms with E-state index in [9.17, 15) is 13.6 Å². The van der Waals surface area contributed by atoms with Crippen molar-refractivity contribution in [3.05, 3.63) is 59.4 Å². The van der Waals surface area contributed by atoms with Crippen molar-refractivity contribution in [1.29, 1.82) is 0 Å². The van der Waals surface area contributed by atoms with Gasteiger partial charge in [0.2, 0.25) is 17.8 Å². The standard InChI is InChI=1S/C14H10F2N2O/c15-12-6-5-11(13(16)18-12)17-14(19)10-7-8-3-1-2-4-9(8)10/h1-6,10H,7H2,(H,17,19). The quantitative estimate of drug-likeness (QED) is 0.843. The maximum absolute atomic E-state index is 13.3. The maximum Gasteiger partial charge on any atom is 0.239 e. The molecule has 1 unspecified atom stereocenters. The smallest absolute Gasteiger partial charge is 0.239 e. The lowest BCUT2D eigenvalue weighted by molar-refractivity contribution is -0.118. The van der Waals surface area contributed by atoms with Gasteiger partial charge in [-0.25, -0.2) is 0 Å². The summed E-state index contributed by atoms with van der Waals surface area (Å²) in [6.45, 7) is 0. The number of nitrogens with one attached hydrogen (secondary N) is 1. The van der Waals surface area contributed by atoms with Crippen LogP contribution in [0.5, 0.6) is 0 Å². The molecular formula is C14H10F2N2O. The van der Waals surface area contributed by atoms with Gasteiger partial charge in [0.05, 0.1) is 11.6 Å². The van der Waals surface area contributed by atoms with Crippen LogP contribution in [-0.2, 0) is 11.2 Å². The van der Waals surface area contributed by atoms with Crippen LogP contribution in [0.2, 0.25) is 0 Å². The third kappa shape index (κ3) is 2.07. The van der Waals surface area contributed by atoms with Crippen LogP contribution in [0.15, 0.2) is 36.4 Å². The first-order valence-corrected chi connectivity index (χ1v) is 5.86. The van der Waals surface area contributed by atoms with Gasteiger partial charge in [-0.1, -0.05) is 24.3 Å². The Labute approximate surface area is 108 Å². The van der Waals surface area contributed by atoms with Crippen molar-refractivity contribution < 1.29 is 13.6 Å². The number of carbonyl (C=O) groups excluding carboxylic acids is 1. The number of fused-ring (bicyclic) bond motifs is 1. The van der Waals surface area contributed by atoms with Crippen molar-refractivity contribution in [3.63, 3.8) is 0 Å². The summed E-state index contributed by atoms with van der Waals surface area (Å²) in [6.07, 6.45) is 0.637. The second kappa shape index (κ2) is 4.42. The predicted molar refractivity (Wildman–Crippen MR) is 65.7 cm³/mol. The zero-order valence-electron chi connectivity index (χ0n) is 9.86. The molecule has 0 spiro atoms. The summed E-state index contributed by atoms with van der Waals surface area (Å²) in [5, 5.41) is 2.44. The number of halogens is 2. The number of amides is 1. The van der Waals surface area contributed by atoms with Gasteiger partial charge in [-0.05, 0) is 29.7 Å². The van der Waals surface area contributed by atoms with Crippen LogP contribution in [0, 0.1) is 11.9 Å². The number of hydrogen-bond acceptors (Lipinski definition) is 2. The third-order valence-corrected chi connectivity index (χ3v) is 3.24. The Morgan fingerprint density at radius 3 is 2.74 bits per heavy atom. The van der Waals surface area contributed by atoms with Crippen LogP contribution in [0.1, 0.15) is 17.0 Å². The zero-order chi connectivity index (χ0) is 13.4. The lowest BCUT2D eigenvalue weighted by Crippen LogP contribution is -2.30. The van der Waals surface area contributed by atoms with E-state index in [-0.39, 0.29) is 17.5 Å². The van der Waals surface area contributed by atoms with E-state index in [1.807, 2.05) is 24.3 Å². The summed E-state index contributed by atoms with van der Waals surface area (Å²) < 4.78 is 26.0. The number of pyridine rings is 1. The Hall–Kier alpha value is -2.30. The number of carbonyl (C=O) groups is 1. The third-order valence-electron chi connectivity index (χ3n) is 3.24. The van der Waals surface area contributed by atoms with Gasteiger partial charge in [-0.3, -0.25) is 4.79 Å². The Morgan fingerprint density at radius 1 is 1.21 bits per heavy atom. The van der Waals surface area contributed by atoms with Crippen LogP contribution in [0.4, 0.5) is 14.5 Å². The molecule has 2 aromatic rings. The van der Waals surface area contributed by atoms with Crippen LogP contribution < -0.4 is 5.32 Å². The molecule has 3 nitrogen and oxygen atoms in total. The fraction of sp³-hybridized carbons (Fsp3) is 0.143. The largest absolute Gasteiger partial charge is 0.322 e. The summed E-state index contributed by atoms with van der Waals surface area (Å²) in [4.78, 5) is 15.0. The van der Waals surface area contributed by atoms with E-state index in [2.05, 4.69) is 10.3 Å². The highest BCUT2D eigenvalue weighted by Gasteiger charge is 2.32. The summed E-state index contributed by atoms with van der Waals surface area (Å²) >= 11 is 0. The molecule has 1 N–H and O–H groups in total. The number of hydrogen-bond donors (Lipinski definition) is 1. The molecule has 0 radical (unpaired) electrons. The van der Waals surface area contributed by atoms with E-state index >= 15 is 0 Å². The number of aromatic nitrogens is 1. The molecule has 0 saturated heterocycles. The fourth-order valence-corrected chi connectivity index (χ4v) is 2.22. The van der Waals surface area contributed by atoms with Crippen LogP contribution in [-0.4, -0.2) is 10.9 Å². The van der Waals surface area contributed by atoms with E-state index in [4.69, 9.17) is 0 Å². The second-order valence-electron chi connectivity index (χ2n) is 4.42. The van der Waals surface area contributed by atoms with E-state index in [0.29, 0.717) is 6.42 Å². The highest BCUT2D eigenvalue weighted by Crippen LogP contribution is 2.35. The first-order chi connectivity index (χ1) is 9.15. The molecule has 1 amide bonds.